The van der Waals surface area contributed by atoms with Crippen molar-refractivity contribution >= 4 is 5.91 Å². The van der Waals surface area contributed by atoms with E-state index in [2.05, 4.69) is 4.90 Å². The molecule has 0 aliphatic heterocycles. The standard InChI is InChI=1S/C11H23N3O/c1-13(2)7-8-14(3)10(15)9-11(12)5-4-6-11/h4-9,12H2,1-3H3. The topological polar surface area (TPSA) is 49.6 Å². The normalized spacial score (nSPS) is 18.7. The monoisotopic (exact) mass is 213 g/mol. The Balaban J connectivity index is 2.26. The van der Waals surface area contributed by atoms with E-state index in [1.807, 2.05) is 21.1 Å². The van der Waals surface area contributed by atoms with Crippen LogP contribution in [0.25, 0.3) is 0 Å². The van der Waals surface area contributed by atoms with E-state index >= 15 is 0 Å². The van der Waals surface area contributed by atoms with E-state index in [4.69, 9.17) is 5.73 Å². The fourth-order valence-corrected chi connectivity index (χ4v) is 1.72. The molecule has 2 N–H and O–H groups in total. The van der Waals surface area contributed by atoms with Gasteiger partial charge >= 0.3 is 0 Å². The van der Waals surface area contributed by atoms with Crippen molar-refractivity contribution in [3.05, 3.63) is 0 Å². The quantitative estimate of drug-likeness (QED) is 0.713. The van der Waals surface area contributed by atoms with Crippen LogP contribution in [0.1, 0.15) is 25.7 Å². The Kier molecular flexibility index (Phi) is 4.11. The SMILES string of the molecule is CN(C)CCN(C)C(=O)CC1(N)CCC1. The maximum Gasteiger partial charge on any atom is 0.224 e. The molecule has 0 heterocycles. The molecule has 0 spiro atoms. The Labute approximate surface area is 92.4 Å². The zero-order valence-electron chi connectivity index (χ0n) is 10.1. The maximum atomic E-state index is 11.8. The molecule has 0 unspecified atom stereocenters. The van der Waals surface area contributed by atoms with Crippen LogP contribution in [0.5, 0.6) is 0 Å². The molecule has 4 heteroatoms. The van der Waals surface area contributed by atoms with E-state index in [1.165, 1.54) is 6.42 Å². The first-order chi connectivity index (χ1) is 6.93. The number of rotatable bonds is 5. The Morgan fingerprint density at radius 1 is 1.27 bits per heavy atom. The molecule has 0 aromatic rings. The molecule has 0 saturated heterocycles. The fraction of sp³-hybridized carbons (Fsp3) is 0.909. The van der Waals surface area contributed by atoms with Crippen molar-refractivity contribution in [3.63, 3.8) is 0 Å². The third-order valence-corrected chi connectivity index (χ3v) is 3.16. The average Bonchev–Trinajstić information content (AvgIpc) is 2.11. The van der Waals surface area contributed by atoms with Crippen LogP contribution in [-0.4, -0.2) is 55.5 Å². The second kappa shape index (κ2) is 4.94. The summed E-state index contributed by atoms with van der Waals surface area (Å²) in [6, 6.07) is 0. The molecule has 1 aliphatic carbocycles. The van der Waals surface area contributed by atoms with Crippen LogP contribution in [0.2, 0.25) is 0 Å². The van der Waals surface area contributed by atoms with Crippen molar-refractivity contribution in [1.82, 2.24) is 9.80 Å². The van der Waals surface area contributed by atoms with Crippen molar-refractivity contribution in [2.24, 2.45) is 5.73 Å². The van der Waals surface area contributed by atoms with Crippen LogP contribution >= 0.6 is 0 Å². The molecule has 0 bridgehead atoms. The van der Waals surface area contributed by atoms with Gasteiger partial charge in [-0.3, -0.25) is 4.79 Å². The van der Waals surface area contributed by atoms with Crippen LogP contribution in [-0.2, 0) is 4.79 Å². The lowest BCUT2D eigenvalue weighted by atomic mass is 9.75. The molecule has 0 atom stereocenters. The lowest BCUT2D eigenvalue weighted by Crippen LogP contribution is -2.50. The molecular weight excluding hydrogens is 190 g/mol. The molecule has 0 radical (unpaired) electrons. The summed E-state index contributed by atoms with van der Waals surface area (Å²) < 4.78 is 0. The first-order valence-corrected chi connectivity index (χ1v) is 5.60. The van der Waals surface area contributed by atoms with Gasteiger partial charge in [-0.05, 0) is 33.4 Å². The van der Waals surface area contributed by atoms with Gasteiger partial charge in [-0.2, -0.15) is 0 Å². The summed E-state index contributed by atoms with van der Waals surface area (Å²) in [5, 5.41) is 0. The number of hydrogen-bond donors (Lipinski definition) is 1. The summed E-state index contributed by atoms with van der Waals surface area (Å²) in [4.78, 5) is 15.7. The van der Waals surface area contributed by atoms with Gasteiger partial charge in [-0.1, -0.05) is 0 Å². The number of nitrogens with zero attached hydrogens (tertiary/aromatic N) is 2. The summed E-state index contributed by atoms with van der Waals surface area (Å²) in [5.41, 5.74) is 5.85. The summed E-state index contributed by atoms with van der Waals surface area (Å²) in [6.45, 7) is 1.68. The number of carbonyl (C=O) groups is 1. The van der Waals surface area contributed by atoms with Gasteiger partial charge in [0, 0.05) is 32.1 Å². The summed E-state index contributed by atoms with van der Waals surface area (Å²) in [5.74, 6) is 0.180. The molecule has 4 nitrogen and oxygen atoms in total. The van der Waals surface area contributed by atoms with Gasteiger partial charge in [0.05, 0.1) is 0 Å². The third kappa shape index (κ3) is 3.80. The van der Waals surface area contributed by atoms with Crippen LogP contribution in [0, 0.1) is 0 Å². The second-order valence-corrected chi connectivity index (χ2v) is 5.01. The average molecular weight is 213 g/mol. The number of carbonyl (C=O) groups excluding carboxylic acids is 1. The fourth-order valence-electron chi connectivity index (χ4n) is 1.72. The van der Waals surface area contributed by atoms with Gasteiger partial charge in [0.2, 0.25) is 5.91 Å². The Morgan fingerprint density at radius 2 is 1.87 bits per heavy atom. The van der Waals surface area contributed by atoms with Crippen LogP contribution < -0.4 is 5.73 Å². The predicted octanol–water partition coefficient (Wildman–Crippen LogP) is 0.278. The lowest BCUT2D eigenvalue weighted by molar-refractivity contribution is -0.132. The highest BCUT2D eigenvalue weighted by Gasteiger charge is 2.35. The largest absolute Gasteiger partial charge is 0.344 e. The number of nitrogens with two attached hydrogens (primary N) is 1. The minimum atomic E-state index is -0.191. The first kappa shape index (κ1) is 12.5. The van der Waals surface area contributed by atoms with E-state index in [1.54, 1.807) is 4.90 Å². The lowest BCUT2D eigenvalue weighted by Gasteiger charge is -2.38. The van der Waals surface area contributed by atoms with Crippen molar-refractivity contribution in [2.75, 3.05) is 34.2 Å². The van der Waals surface area contributed by atoms with E-state index in [9.17, 15) is 4.79 Å². The van der Waals surface area contributed by atoms with E-state index in [-0.39, 0.29) is 11.4 Å². The number of amides is 1. The third-order valence-electron chi connectivity index (χ3n) is 3.16. The predicted molar refractivity (Wildman–Crippen MR) is 61.6 cm³/mol. The van der Waals surface area contributed by atoms with E-state index < -0.39 is 0 Å². The van der Waals surface area contributed by atoms with Crippen molar-refractivity contribution < 1.29 is 4.79 Å². The minimum absolute atomic E-state index is 0.180. The van der Waals surface area contributed by atoms with Crippen molar-refractivity contribution in [1.29, 1.82) is 0 Å². The molecule has 0 aromatic heterocycles. The summed E-state index contributed by atoms with van der Waals surface area (Å²) >= 11 is 0. The molecule has 88 valence electrons. The molecule has 15 heavy (non-hydrogen) atoms. The van der Waals surface area contributed by atoms with Gasteiger partial charge in [0.1, 0.15) is 0 Å². The first-order valence-electron chi connectivity index (χ1n) is 5.60. The Morgan fingerprint density at radius 3 is 2.27 bits per heavy atom. The molecule has 1 rings (SSSR count). The Bertz CT molecular complexity index is 224. The van der Waals surface area contributed by atoms with Gasteiger partial charge in [-0.15, -0.1) is 0 Å². The molecule has 1 aliphatic rings. The molecule has 0 aromatic carbocycles. The second-order valence-electron chi connectivity index (χ2n) is 5.01. The van der Waals surface area contributed by atoms with Gasteiger partial charge in [0.15, 0.2) is 0 Å². The Hall–Kier alpha value is -0.610. The van der Waals surface area contributed by atoms with Crippen molar-refractivity contribution in [2.45, 2.75) is 31.2 Å². The highest BCUT2D eigenvalue weighted by molar-refractivity contribution is 5.77. The summed E-state index contributed by atoms with van der Waals surface area (Å²) in [6.07, 6.45) is 3.68. The smallest absolute Gasteiger partial charge is 0.224 e. The molecular formula is C11H23N3O. The number of hydrogen-bond acceptors (Lipinski definition) is 3. The highest BCUT2D eigenvalue weighted by Crippen LogP contribution is 2.32. The highest BCUT2D eigenvalue weighted by atomic mass is 16.2. The van der Waals surface area contributed by atoms with Crippen LogP contribution in [0.4, 0.5) is 0 Å². The molecule has 1 fully saturated rings. The number of likely N-dealkylation sites (N-methyl/N-ethyl adjacent to an activating group) is 2. The zero-order valence-corrected chi connectivity index (χ0v) is 10.1. The van der Waals surface area contributed by atoms with Gasteiger partial charge in [0.25, 0.3) is 0 Å². The zero-order chi connectivity index (χ0) is 11.5. The van der Waals surface area contributed by atoms with E-state index in [0.29, 0.717) is 6.42 Å². The van der Waals surface area contributed by atoms with Gasteiger partial charge < -0.3 is 15.5 Å². The summed E-state index contributed by atoms with van der Waals surface area (Å²) in [7, 11) is 5.87. The maximum absolute atomic E-state index is 11.8. The van der Waals surface area contributed by atoms with E-state index in [0.717, 1.165) is 25.9 Å². The molecule has 1 saturated carbocycles. The van der Waals surface area contributed by atoms with Crippen LogP contribution in [0.3, 0.4) is 0 Å². The van der Waals surface area contributed by atoms with Crippen LogP contribution in [0.15, 0.2) is 0 Å². The van der Waals surface area contributed by atoms with Crippen molar-refractivity contribution in [3.8, 4) is 0 Å². The molecule has 1 amide bonds. The minimum Gasteiger partial charge on any atom is -0.344 e. The van der Waals surface area contributed by atoms with Gasteiger partial charge in [-0.25, -0.2) is 0 Å².